The van der Waals surface area contributed by atoms with Crippen molar-refractivity contribution in [3.05, 3.63) is 47.7 Å². The van der Waals surface area contributed by atoms with Crippen LogP contribution in [0.5, 0.6) is 0 Å². The van der Waals surface area contributed by atoms with Crippen LogP contribution in [0.3, 0.4) is 0 Å². The Balaban J connectivity index is 0.000000360. The van der Waals surface area contributed by atoms with Crippen molar-refractivity contribution >= 4 is 11.8 Å². The monoisotopic (exact) mass is 398 g/mol. The van der Waals surface area contributed by atoms with Crippen LogP contribution in [-0.4, -0.2) is 32.6 Å². The number of nitrogens with zero attached hydrogens (tertiary/aromatic N) is 3. The molecule has 1 aliphatic rings. The first kappa shape index (κ1) is 22.8. The normalized spacial score (nSPS) is 12.7. The first-order valence-electron chi connectivity index (χ1n) is 10.8. The molecule has 0 fully saturated rings. The van der Waals surface area contributed by atoms with Gasteiger partial charge in [-0.15, -0.1) is 0 Å². The first-order valence-corrected chi connectivity index (χ1v) is 10.8. The lowest BCUT2D eigenvalue weighted by Crippen LogP contribution is -2.04. The molecule has 2 N–H and O–H groups in total. The molecule has 0 spiro atoms. The minimum absolute atomic E-state index is 0.312. The fourth-order valence-corrected chi connectivity index (χ4v) is 3.33. The van der Waals surface area contributed by atoms with Crippen LogP contribution < -0.4 is 5.32 Å². The number of nitrogens with one attached hydrogen (secondary N) is 1. The van der Waals surface area contributed by atoms with E-state index in [0.29, 0.717) is 6.42 Å². The summed E-state index contributed by atoms with van der Waals surface area (Å²) in [6, 6.07) is 6.22. The van der Waals surface area contributed by atoms with Gasteiger partial charge in [0.1, 0.15) is 11.6 Å². The third-order valence-electron chi connectivity index (χ3n) is 4.97. The number of hydrogen-bond donors (Lipinski definition) is 2. The summed E-state index contributed by atoms with van der Waals surface area (Å²) in [4.78, 5) is 22.9. The van der Waals surface area contributed by atoms with Gasteiger partial charge in [0, 0.05) is 31.1 Å². The molecule has 3 rings (SSSR count). The van der Waals surface area contributed by atoms with E-state index in [1.54, 1.807) is 18.5 Å². The second-order valence-corrected chi connectivity index (χ2v) is 7.51. The molecule has 2 aromatic rings. The van der Waals surface area contributed by atoms with Gasteiger partial charge in [-0.05, 0) is 63.1 Å². The van der Waals surface area contributed by atoms with Gasteiger partial charge >= 0.3 is 5.97 Å². The zero-order chi connectivity index (χ0) is 20.7. The SMILES string of the molecule is Cc1ncccn1.O=C(O)CCCCCCCCc1ccc2c(n1)NCCCC2. The molecule has 0 amide bonds. The minimum Gasteiger partial charge on any atom is -0.481 e. The van der Waals surface area contributed by atoms with Crippen molar-refractivity contribution in [2.45, 2.75) is 77.6 Å². The summed E-state index contributed by atoms with van der Waals surface area (Å²) < 4.78 is 0. The number of aliphatic carboxylic acids is 1. The van der Waals surface area contributed by atoms with E-state index >= 15 is 0 Å². The summed E-state index contributed by atoms with van der Waals surface area (Å²) in [6.07, 6.45) is 15.0. The Morgan fingerprint density at radius 1 is 1.03 bits per heavy atom. The Morgan fingerprint density at radius 2 is 1.76 bits per heavy atom. The molecule has 0 radical (unpaired) electrons. The van der Waals surface area contributed by atoms with Crippen LogP contribution in [0.2, 0.25) is 0 Å². The molecule has 0 aromatic carbocycles. The van der Waals surface area contributed by atoms with Crippen LogP contribution in [-0.2, 0) is 17.6 Å². The number of aryl methyl sites for hydroxylation is 3. The third kappa shape index (κ3) is 10.0. The number of carboxylic acids is 1. The van der Waals surface area contributed by atoms with Gasteiger partial charge in [-0.3, -0.25) is 4.79 Å². The first-order chi connectivity index (χ1) is 14.1. The molecule has 6 nitrogen and oxygen atoms in total. The van der Waals surface area contributed by atoms with E-state index in [-0.39, 0.29) is 0 Å². The van der Waals surface area contributed by atoms with Crippen molar-refractivity contribution in [3.8, 4) is 0 Å². The number of rotatable bonds is 9. The lowest BCUT2D eigenvalue weighted by Gasteiger charge is -2.09. The number of carbonyl (C=O) groups is 1. The highest BCUT2D eigenvalue weighted by atomic mass is 16.4. The second-order valence-electron chi connectivity index (χ2n) is 7.51. The molecule has 0 saturated heterocycles. The maximum atomic E-state index is 10.4. The van der Waals surface area contributed by atoms with E-state index in [0.717, 1.165) is 50.3 Å². The number of unbranched alkanes of at least 4 members (excludes halogenated alkanes) is 5. The van der Waals surface area contributed by atoms with Gasteiger partial charge in [0.25, 0.3) is 0 Å². The fraction of sp³-hybridized carbons (Fsp3) is 0.565. The average molecular weight is 399 g/mol. The molecule has 3 heterocycles. The molecule has 29 heavy (non-hydrogen) atoms. The summed E-state index contributed by atoms with van der Waals surface area (Å²) in [5, 5.41) is 12.0. The van der Waals surface area contributed by atoms with E-state index in [2.05, 4.69) is 27.4 Å². The highest BCUT2D eigenvalue weighted by Gasteiger charge is 2.09. The van der Waals surface area contributed by atoms with Crippen molar-refractivity contribution in [1.29, 1.82) is 0 Å². The predicted molar refractivity (Wildman–Crippen MR) is 116 cm³/mol. The lowest BCUT2D eigenvalue weighted by molar-refractivity contribution is -0.137. The molecule has 1 aliphatic heterocycles. The molecule has 0 aliphatic carbocycles. The standard InChI is InChI=1S/C18H28N2O2.C5H6N2/c21-17(22)11-6-4-2-1-3-5-10-16-13-12-15-9-7-8-14-19-18(15)20-16;1-5-6-3-2-4-7-5/h12-13H,1-11,14H2,(H,19,20)(H,21,22);2-4H,1H3. The van der Waals surface area contributed by atoms with Crippen LogP contribution >= 0.6 is 0 Å². The smallest absolute Gasteiger partial charge is 0.303 e. The number of aromatic nitrogens is 3. The van der Waals surface area contributed by atoms with Gasteiger partial charge in [-0.2, -0.15) is 0 Å². The largest absolute Gasteiger partial charge is 0.481 e. The zero-order valence-electron chi connectivity index (χ0n) is 17.6. The molecule has 6 heteroatoms. The van der Waals surface area contributed by atoms with Crippen LogP contribution in [0.25, 0.3) is 0 Å². The van der Waals surface area contributed by atoms with Gasteiger partial charge in [0.05, 0.1) is 0 Å². The lowest BCUT2D eigenvalue weighted by atomic mass is 10.1. The molecular formula is C23H34N4O2. The second kappa shape index (κ2) is 13.6. The van der Waals surface area contributed by atoms with Gasteiger partial charge in [-0.25, -0.2) is 15.0 Å². The molecule has 0 bridgehead atoms. The van der Waals surface area contributed by atoms with Crippen LogP contribution in [0.1, 0.15) is 74.9 Å². The summed E-state index contributed by atoms with van der Waals surface area (Å²) in [5.74, 6) is 1.24. The number of pyridine rings is 1. The average Bonchev–Trinajstić information content (AvgIpc) is 2.96. The van der Waals surface area contributed by atoms with Crippen LogP contribution in [0.4, 0.5) is 5.82 Å². The highest BCUT2D eigenvalue weighted by Crippen LogP contribution is 2.20. The molecule has 2 aromatic heterocycles. The third-order valence-corrected chi connectivity index (χ3v) is 4.97. The summed E-state index contributed by atoms with van der Waals surface area (Å²) in [6.45, 7) is 2.90. The van der Waals surface area contributed by atoms with Gasteiger partial charge < -0.3 is 10.4 Å². The quantitative estimate of drug-likeness (QED) is 0.580. The van der Waals surface area contributed by atoms with Crippen molar-refractivity contribution < 1.29 is 9.90 Å². The Morgan fingerprint density at radius 3 is 2.45 bits per heavy atom. The Bertz CT molecular complexity index is 722. The van der Waals surface area contributed by atoms with Gasteiger partial charge in [-0.1, -0.05) is 31.7 Å². The number of anilines is 1. The summed E-state index contributed by atoms with van der Waals surface area (Å²) in [5.41, 5.74) is 2.55. The van der Waals surface area contributed by atoms with Crippen molar-refractivity contribution in [2.75, 3.05) is 11.9 Å². The molecule has 158 valence electrons. The van der Waals surface area contributed by atoms with E-state index in [9.17, 15) is 4.79 Å². The summed E-state index contributed by atoms with van der Waals surface area (Å²) >= 11 is 0. The molecular weight excluding hydrogens is 364 g/mol. The topological polar surface area (TPSA) is 88.0 Å². The Kier molecular flexibility index (Phi) is 10.7. The van der Waals surface area contributed by atoms with E-state index in [1.807, 2.05) is 6.92 Å². The van der Waals surface area contributed by atoms with Crippen molar-refractivity contribution in [3.63, 3.8) is 0 Å². The van der Waals surface area contributed by atoms with Crippen LogP contribution in [0, 0.1) is 6.92 Å². The van der Waals surface area contributed by atoms with E-state index in [1.165, 1.54) is 43.4 Å². The minimum atomic E-state index is -0.678. The maximum Gasteiger partial charge on any atom is 0.303 e. The highest BCUT2D eigenvalue weighted by molar-refractivity contribution is 5.66. The summed E-state index contributed by atoms with van der Waals surface area (Å²) in [7, 11) is 0. The maximum absolute atomic E-state index is 10.4. The fourth-order valence-electron chi connectivity index (χ4n) is 3.33. The van der Waals surface area contributed by atoms with Gasteiger partial charge in [0.15, 0.2) is 0 Å². The van der Waals surface area contributed by atoms with Crippen molar-refractivity contribution in [2.24, 2.45) is 0 Å². The number of hydrogen-bond acceptors (Lipinski definition) is 5. The molecule has 0 saturated carbocycles. The molecule has 0 atom stereocenters. The Hall–Kier alpha value is -2.50. The van der Waals surface area contributed by atoms with Gasteiger partial charge in [0.2, 0.25) is 0 Å². The number of fused-ring (bicyclic) bond motifs is 1. The van der Waals surface area contributed by atoms with Crippen LogP contribution in [0.15, 0.2) is 30.6 Å². The Labute approximate surface area is 174 Å². The van der Waals surface area contributed by atoms with E-state index in [4.69, 9.17) is 10.1 Å². The number of carboxylic acid groups (broad SMARTS) is 1. The van der Waals surface area contributed by atoms with E-state index < -0.39 is 5.97 Å². The zero-order valence-corrected chi connectivity index (χ0v) is 17.6. The predicted octanol–water partition coefficient (Wildman–Crippen LogP) is 4.97. The molecule has 0 unspecified atom stereocenters. The van der Waals surface area contributed by atoms with Crippen molar-refractivity contribution in [1.82, 2.24) is 15.0 Å².